The number of hydrogen-bond acceptors (Lipinski definition) is 10. The average molecular weight is 884 g/mol. The number of carbonyl (C=O) groups is 3. The normalized spacial score (nSPS) is 41.1. The Labute approximate surface area is 456 Å². The van der Waals surface area contributed by atoms with E-state index in [1.54, 1.807) is 0 Å². The summed E-state index contributed by atoms with van der Waals surface area (Å²) in [7, 11) is -6.35. The zero-order chi connectivity index (χ0) is 102. The van der Waals surface area contributed by atoms with Gasteiger partial charge in [0, 0.05) is 109 Å². The molecule has 0 aromatic carbocycles. The second-order valence-electron chi connectivity index (χ2n) is 7.61. The van der Waals surface area contributed by atoms with E-state index in [0.717, 1.165) is 0 Å². The maximum absolute atomic E-state index is 14.0. The fourth-order valence-corrected chi connectivity index (χ4v) is 2.70. The molecule has 0 radical (unpaired) electrons. The van der Waals surface area contributed by atoms with Crippen LogP contribution >= 0.6 is 7.82 Å². The van der Waals surface area contributed by atoms with Crippen LogP contribution in [0.5, 0.6) is 0 Å². The van der Waals surface area contributed by atoms with Crippen LogP contribution in [0.3, 0.4) is 0 Å². The summed E-state index contributed by atoms with van der Waals surface area (Å²) in [5.74, 6) is -8.54. The molecule has 0 bridgehead atoms. The van der Waals surface area contributed by atoms with Crippen molar-refractivity contribution in [2.75, 3.05) is 19.8 Å². The molecule has 0 spiro atoms. The Kier molecular flexibility index (Phi) is 7.86. The molecule has 3 atom stereocenters. The average Bonchev–Trinajstić information content (AvgIpc) is 0.677. The molecule has 55 heavy (non-hydrogen) atoms. The van der Waals surface area contributed by atoms with E-state index in [0.29, 0.717) is 0 Å². The number of phosphoric acid groups is 1. The van der Waals surface area contributed by atoms with Gasteiger partial charge in [0.1, 0.15) is 12.6 Å². The molecule has 0 aliphatic heterocycles. The Balaban J connectivity index is 0. The Morgan fingerprint density at radius 1 is 0.582 bits per heavy atom. The first-order chi connectivity index (χ1) is 52.5. The summed E-state index contributed by atoms with van der Waals surface area (Å²) in [6.07, 6.45) is -176. The van der Waals surface area contributed by atoms with Crippen LogP contribution in [-0.4, -0.2) is 55.0 Å². The van der Waals surface area contributed by atoms with Crippen LogP contribution < -0.4 is 40.2 Å². The minimum atomic E-state index is -6.35. The molecule has 0 rings (SSSR count). The standard InChI is InChI=1S/C42H82NO10P.Na/c1-3-5-7-9-11-13-15-17-19-21-23-25-27-29-31-33-40(44)50-35-38(36-51-54(48,49)52-37-39(43)42(46)47)53-41(45)34-32-30-28-26-24-22-20-18-16-14-12-10-8-6-4-2;/h38-39H,3-37,43H2,1-2H3,(H,46,47)(H,48,49);/q;+1/p-1/t38-,39+;/m1./s1/i1D3,2D3,3D2,4D2,5D2,6D2,7D2,8D2,9D2,10D2,11D2,12D2,13D2,14D2,15D2,16D2,17D2,18D2,19D2,20D2,21D2,22D2,23D2,24D2,25D2,26D2,27D2,28D2,29D2,30D2,31D2,32D2,33D2,34D2;. The monoisotopic (exact) mass is 884 g/mol. The van der Waals surface area contributed by atoms with Crippen molar-refractivity contribution in [1.29, 1.82) is 0 Å². The number of rotatable bonds is 42. The molecule has 0 aliphatic rings. The van der Waals surface area contributed by atoms with Crippen molar-refractivity contribution < 1.29 is 173 Å². The second kappa shape index (κ2) is 41.6. The van der Waals surface area contributed by atoms with Gasteiger partial charge in [-0.15, -0.1) is 0 Å². The van der Waals surface area contributed by atoms with Crippen molar-refractivity contribution in [3.05, 3.63) is 0 Å². The van der Waals surface area contributed by atoms with Gasteiger partial charge in [0.25, 0.3) is 7.82 Å². The molecule has 0 aliphatic carbocycles. The Bertz CT molecular complexity index is 3910. The molecule has 0 heterocycles. The van der Waals surface area contributed by atoms with Gasteiger partial charge in [0.2, 0.25) is 0 Å². The fourth-order valence-electron chi connectivity index (χ4n) is 1.93. The summed E-state index contributed by atoms with van der Waals surface area (Å²) in [6.45, 7) is -15.1. The number of phosphoric ester groups is 1. The van der Waals surface area contributed by atoms with Gasteiger partial charge in [-0.25, -0.2) is 0 Å². The molecule has 0 amide bonds. The summed E-state index contributed by atoms with van der Waals surface area (Å²) in [5.41, 5.74) is 5.14. The topological polar surface area (TPSA) is 175 Å². The van der Waals surface area contributed by atoms with Gasteiger partial charge in [0.15, 0.2) is 6.10 Å². The van der Waals surface area contributed by atoms with E-state index in [2.05, 4.69) is 18.5 Å². The van der Waals surface area contributed by atoms with Crippen LogP contribution in [0.4, 0.5) is 0 Å². The molecular formula is C42H81NNaO10P. The van der Waals surface area contributed by atoms with E-state index in [1.165, 1.54) is 0 Å². The SMILES string of the molecule is [2H]C([2H])([2H])C([2H])([2H])C([2H])([2H])C([2H])([2H])C([2H])([2H])C([2H])([2H])C([2H])([2H])C([2H])([2H])C([2H])([2H])C([2H])([2H])C([2H])([2H])C([2H])([2H])C([2H])([2H])C([2H])([2H])C([2H])([2H])C([2H])([2H])C([2H])([2H])C(=O)OC[C@H](COP(=O)([O-])OC[C@H](N)C(=O)O)OC(=O)C([2H])([2H])C([2H])([2H])C([2H])([2H])C([2H])([2H])C([2H])([2H])C([2H])([2H])C([2H])([2H])C([2H])([2H])C([2H])([2H])C([2H])([2H])C([2H])([2H])C([2H])([2H])C([2H])([2H])C([2H])([2H])C([2H])([2H])C([2H])([2H])C([2H])([2H])[2H].[Na+]. The first-order valence-corrected chi connectivity index (χ1v) is 14.9. The van der Waals surface area contributed by atoms with E-state index >= 15 is 0 Å². The minimum Gasteiger partial charge on any atom is -0.756 e. The molecule has 1 unspecified atom stereocenters. The van der Waals surface area contributed by atoms with Crippen LogP contribution in [0.1, 0.15) is 314 Å². The van der Waals surface area contributed by atoms with Crippen LogP contribution in [0.15, 0.2) is 0 Å². The van der Waals surface area contributed by atoms with E-state index in [-0.39, 0.29) is 29.6 Å². The van der Waals surface area contributed by atoms with E-state index in [4.69, 9.17) is 107 Å². The number of nitrogens with two attached hydrogens (primary N) is 1. The number of ether oxygens (including phenoxy) is 2. The molecule has 320 valence electrons. The van der Waals surface area contributed by atoms with Gasteiger partial charge in [0.05, 0.1) is 13.2 Å². The van der Waals surface area contributed by atoms with E-state index in [1.807, 2.05) is 0 Å². The largest absolute Gasteiger partial charge is 1.00 e. The van der Waals surface area contributed by atoms with Crippen molar-refractivity contribution in [2.24, 2.45) is 5.73 Å². The first-order valence-electron chi connectivity index (χ1n) is 48.4. The molecule has 3 N–H and O–H groups in total. The van der Waals surface area contributed by atoms with Crippen LogP contribution in [0.25, 0.3) is 0 Å². The van der Waals surface area contributed by atoms with Gasteiger partial charge in [-0.1, -0.05) is 192 Å². The Morgan fingerprint density at radius 3 is 1.27 bits per heavy atom. The zero-order valence-corrected chi connectivity index (χ0v) is 30.8. The molecular weight excluding hydrogens is 732 g/mol. The van der Waals surface area contributed by atoms with E-state index in [9.17, 15) is 23.8 Å². The Morgan fingerprint density at radius 2 is 0.909 bits per heavy atom. The maximum Gasteiger partial charge on any atom is 1.00 e. The third-order valence-corrected chi connectivity index (χ3v) is 4.83. The molecule has 0 fully saturated rings. The van der Waals surface area contributed by atoms with Crippen molar-refractivity contribution >= 4 is 25.7 Å². The van der Waals surface area contributed by atoms with Crippen LogP contribution in [-0.2, 0) is 37.5 Å². The number of esters is 2. The van der Waals surface area contributed by atoms with Gasteiger partial charge < -0.3 is 34.3 Å². The molecule has 13 heteroatoms. The summed E-state index contributed by atoms with van der Waals surface area (Å²) < 4.78 is 607. The number of carbonyl (C=O) groups excluding carboxylic acids is 2. The number of carboxylic acids is 1. The van der Waals surface area contributed by atoms with Crippen molar-refractivity contribution in [3.63, 3.8) is 0 Å². The Hall–Kier alpha value is -0.520. The van der Waals surface area contributed by atoms with Gasteiger partial charge in [-0.05, 0) is 12.7 Å². The quantitative estimate of drug-likeness (QED) is 0.0347. The van der Waals surface area contributed by atoms with Gasteiger partial charge in [-0.3, -0.25) is 18.9 Å². The predicted molar refractivity (Wildman–Crippen MR) is 215 cm³/mol. The second-order valence-corrected chi connectivity index (χ2v) is 9.02. The third-order valence-electron chi connectivity index (χ3n) is 3.90. The van der Waals surface area contributed by atoms with Crippen molar-refractivity contribution in [2.45, 2.75) is 230 Å². The van der Waals surface area contributed by atoms with Gasteiger partial charge in [-0.2, -0.15) is 0 Å². The molecule has 0 aromatic heterocycles. The summed E-state index contributed by atoms with van der Waals surface area (Å²) >= 11 is 0. The van der Waals surface area contributed by atoms with Gasteiger partial charge >= 0.3 is 47.5 Å². The van der Waals surface area contributed by atoms with E-state index < -0.39 is 275 Å². The predicted octanol–water partition coefficient (Wildman–Crippen LogP) is 7.88. The smallest absolute Gasteiger partial charge is 0.756 e. The number of aliphatic carboxylic acids is 1. The van der Waals surface area contributed by atoms with Crippen molar-refractivity contribution in [1.82, 2.24) is 0 Å². The molecule has 0 saturated carbocycles. The van der Waals surface area contributed by atoms with Crippen LogP contribution in [0, 0.1) is 0 Å². The molecule has 0 aromatic rings. The minimum absolute atomic E-state index is 0. The van der Waals surface area contributed by atoms with Crippen molar-refractivity contribution in [3.8, 4) is 0 Å². The molecule has 0 saturated heterocycles. The zero-order valence-electron chi connectivity index (χ0n) is 97.9. The number of carboxylic acid groups (broad SMARTS) is 1. The summed E-state index contributed by atoms with van der Waals surface area (Å²) in [5, 5.41) is 9.06. The summed E-state index contributed by atoms with van der Waals surface area (Å²) in [4.78, 5) is 51.8. The maximum atomic E-state index is 14.0. The first kappa shape index (κ1) is 10.4. The fraction of sp³-hybridized carbons (Fsp3) is 0.929. The summed E-state index contributed by atoms with van der Waals surface area (Å²) in [6, 6.07) is -2.34. The third kappa shape index (κ3) is 41.4. The number of hydrogen-bond donors (Lipinski definition) is 2. The molecule has 11 nitrogen and oxygen atoms in total. The van der Waals surface area contributed by atoms with Crippen LogP contribution in [0.2, 0.25) is 0 Å².